The maximum atomic E-state index is 11.2. The molecular weight excluding hydrogens is 196 g/mol. The molecule has 5 nitrogen and oxygen atoms in total. The zero-order valence-corrected chi connectivity index (χ0v) is 8.36. The first-order chi connectivity index (χ1) is 7.29. The van der Waals surface area contributed by atoms with E-state index in [2.05, 4.69) is 6.58 Å². The second-order valence-corrected chi connectivity index (χ2v) is 2.88. The van der Waals surface area contributed by atoms with Crippen molar-refractivity contribution in [2.75, 3.05) is 6.61 Å². The number of hydrogen-bond donors (Lipinski definition) is 2. The average molecular weight is 210 g/mol. The van der Waals surface area contributed by atoms with Crippen molar-refractivity contribution < 1.29 is 13.9 Å². The van der Waals surface area contributed by atoms with Gasteiger partial charge in [-0.15, -0.1) is 6.58 Å². The summed E-state index contributed by atoms with van der Waals surface area (Å²) in [7, 11) is 0. The highest BCUT2D eigenvalue weighted by Crippen LogP contribution is 2.11. The van der Waals surface area contributed by atoms with Crippen LogP contribution in [0.5, 0.6) is 0 Å². The number of rotatable bonds is 6. The van der Waals surface area contributed by atoms with Crippen molar-refractivity contribution in [3.8, 4) is 0 Å². The number of hydrazine groups is 1. The van der Waals surface area contributed by atoms with Crippen LogP contribution in [0.15, 0.2) is 29.4 Å². The third-order valence-electron chi connectivity index (χ3n) is 1.81. The van der Waals surface area contributed by atoms with Crippen molar-refractivity contribution >= 4 is 5.91 Å². The van der Waals surface area contributed by atoms with Crippen LogP contribution in [-0.4, -0.2) is 12.5 Å². The molecule has 0 atom stereocenters. The number of furan rings is 1. The van der Waals surface area contributed by atoms with Gasteiger partial charge in [0.1, 0.15) is 0 Å². The molecule has 1 heterocycles. The molecule has 1 amide bonds. The molecule has 3 N–H and O–H groups in total. The first-order valence-corrected chi connectivity index (χ1v) is 4.55. The van der Waals surface area contributed by atoms with Gasteiger partial charge in [-0.25, -0.2) is 5.84 Å². The van der Waals surface area contributed by atoms with Crippen molar-refractivity contribution in [1.82, 2.24) is 5.43 Å². The predicted octanol–water partition coefficient (Wildman–Crippen LogP) is 0.976. The van der Waals surface area contributed by atoms with Crippen molar-refractivity contribution in [1.29, 1.82) is 0 Å². The largest absolute Gasteiger partial charge is 0.459 e. The summed E-state index contributed by atoms with van der Waals surface area (Å²) in [6.07, 6.45) is 3.97. The van der Waals surface area contributed by atoms with Crippen molar-refractivity contribution in [2.24, 2.45) is 5.84 Å². The summed E-state index contributed by atoms with van der Waals surface area (Å²) in [5.41, 5.74) is 2.69. The minimum atomic E-state index is -0.456. The minimum absolute atomic E-state index is 0.191. The van der Waals surface area contributed by atoms with Crippen LogP contribution >= 0.6 is 0 Å². The first kappa shape index (κ1) is 11.5. The number of ether oxygens (including phenoxy) is 1. The molecule has 5 heteroatoms. The van der Waals surface area contributed by atoms with Crippen molar-refractivity contribution in [3.63, 3.8) is 0 Å². The van der Waals surface area contributed by atoms with Crippen molar-refractivity contribution in [3.05, 3.63) is 36.3 Å². The minimum Gasteiger partial charge on any atom is -0.459 e. The van der Waals surface area contributed by atoms with Gasteiger partial charge < -0.3 is 9.15 Å². The Hall–Kier alpha value is -1.59. The molecule has 0 aliphatic heterocycles. The van der Waals surface area contributed by atoms with E-state index in [9.17, 15) is 4.79 Å². The lowest BCUT2D eigenvalue weighted by atomic mass is 10.2. The first-order valence-electron chi connectivity index (χ1n) is 4.55. The quantitative estimate of drug-likeness (QED) is 0.241. The van der Waals surface area contributed by atoms with E-state index < -0.39 is 5.91 Å². The molecule has 0 spiro atoms. The van der Waals surface area contributed by atoms with Gasteiger partial charge in [0.25, 0.3) is 0 Å². The van der Waals surface area contributed by atoms with Gasteiger partial charge in [-0.2, -0.15) is 0 Å². The molecule has 1 rings (SSSR count). The molecule has 0 saturated heterocycles. The number of nitrogen functional groups attached to an aromatic ring is 1. The molecule has 0 bridgehead atoms. The summed E-state index contributed by atoms with van der Waals surface area (Å²) >= 11 is 0. The fraction of sp³-hybridized carbons (Fsp3) is 0.300. The second kappa shape index (κ2) is 6.00. The van der Waals surface area contributed by atoms with Crippen LogP contribution in [0.2, 0.25) is 0 Å². The molecule has 1 aromatic rings. The monoisotopic (exact) mass is 210 g/mol. The van der Waals surface area contributed by atoms with Crippen LogP contribution in [-0.2, 0) is 11.3 Å². The van der Waals surface area contributed by atoms with E-state index in [4.69, 9.17) is 15.0 Å². The number of amides is 1. The lowest BCUT2D eigenvalue weighted by molar-refractivity contribution is 0.0910. The Labute approximate surface area is 87.9 Å². The molecule has 82 valence electrons. The summed E-state index contributed by atoms with van der Waals surface area (Å²) in [4.78, 5) is 11.2. The number of nitrogens with two attached hydrogens (primary N) is 1. The summed E-state index contributed by atoms with van der Waals surface area (Å²) < 4.78 is 10.3. The molecule has 0 aliphatic rings. The van der Waals surface area contributed by atoms with Gasteiger partial charge >= 0.3 is 5.91 Å². The number of carbonyl (C=O) groups excluding carboxylic acids is 1. The number of hydrogen-bond acceptors (Lipinski definition) is 4. The molecule has 0 radical (unpaired) electrons. The molecule has 0 aromatic carbocycles. The Morgan fingerprint density at radius 1 is 1.73 bits per heavy atom. The Bertz CT molecular complexity index is 333. The smallest absolute Gasteiger partial charge is 0.301 e. The zero-order chi connectivity index (χ0) is 11.1. The van der Waals surface area contributed by atoms with Gasteiger partial charge in [0, 0.05) is 5.56 Å². The van der Waals surface area contributed by atoms with Gasteiger partial charge in [-0.3, -0.25) is 10.2 Å². The van der Waals surface area contributed by atoms with Crippen LogP contribution in [0.3, 0.4) is 0 Å². The lowest BCUT2D eigenvalue weighted by Crippen LogP contribution is -2.30. The van der Waals surface area contributed by atoms with Crippen molar-refractivity contribution in [2.45, 2.75) is 13.0 Å². The highest BCUT2D eigenvalue weighted by molar-refractivity contribution is 5.92. The van der Waals surface area contributed by atoms with E-state index in [0.29, 0.717) is 18.8 Å². The number of nitrogens with one attached hydrogen (secondary N) is 1. The predicted molar refractivity (Wildman–Crippen MR) is 54.8 cm³/mol. The van der Waals surface area contributed by atoms with Crippen LogP contribution < -0.4 is 11.3 Å². The maximum Gasteiger partial charge on any atom is 0.301 e. The van der Waals surface area contributed by atoms with Crippen LogP contribution in [0.25, 0.3) is 0 Å². The van der Waals surface area contributed by atoms with Crippen LogP contribution in [0.4, 0.5) is 0 Å². The normalized spacial score (nSPS) is 9.93. The van der Waals surface area contributed by atoms with Crippen LogP contribution in [0.1, 0.15) is 22.5 Å². The molecule has 0 fully saturated rings. The summed E-state index contributed by atoms with van der Waals surface area (Å²) in [5.74, 6) is 4.73. The summed E-state index contributed by atoms with van der Waals surface area (Å²) in [6, 6.07) is 1.68. The molecule has 0 unspecified atom stereocenters. The van der Waals surface area contributed by atoms with E-state index in [1.165, 1.54) is 6.26 Å². The Morgan fingerprint density at radius 2 is 2.53 bits per heavy atom. The fourth-order valence-corrected chi connectivity index (χ4v) is 1.06. The highest BCUT2D eigenvalue weighted by atomic mass is 16.5. The van der Waals surface area contributed by atoms with Gasteiger partial charge in [0.15, 0.2) is 5.76 Å². The molecular formula is C10H14N2O3. The summed E-state index contributed by atoms with van der Waals surface area (Å²) in [6.45, 7) is 4.47. The third-order valence-corrected chi connectivity index (χ3v) is 1.81. The van der Waals surface area contributed by atoms with Gasteiger partial charge in [-0.05, 0) is 12.5 Å². The Morgan fingerprint density at radius 3 is 3.20 bits per heavy atom. The molecule has 15 heavy (non-hydrogen) atoms. The Balaban J connectivity index is 2.50. The molecule has 0 saturated carbocycles. The van der Waals surface area contributed by atoms with E-state index in [-0.39, 0.29) is 5.76 Å². The van der Waals surface area contributed by atoms with E-state index in [1.807, 2.05) is 5.43 Å². The standard InChI is InChI=1S/C10H14N2O3/c1-2-3-5-14-7-8-4-6-15-9(8)10(13)12-11/h2,4,6H,1,3,5,7,11H2,(H,12,13). The third kappa shape index (κ3) is 3.23. The average Bonchev–Trinajstić information content (AvgIpc) is 2.71. The zero-order valence-electron chi connectivity index (χ0n) is 8.36. The fourth-order valence-electron chi connectivity index (χ4n) is 1.06. The Kier molecular flexibility index (Phi) is 4.59. The highest BCUT2D eigenvalue weighted by Gasteiger charge is 2.13. The lowest BCUT2D eigenvalue weighted by Gasteiger charge is -2.02. The maximum absolute atomic E-state index is 11.2. The van der Waals surface area contributed by atoms with E-state index in [0.717, 1.165) is 6.42 Å². The summed E-state index contributed by atoms with van der Waals surface area (Å²) in [5, 5.41) is 0. The van der Waals surface area contributed by atoms with Gasteiger partial charge in [0.05, 0.1) is 19.5 Å². The molecule has 1 aromatic heterocycles. The number of carbonyl (C=O) groups is 1. The van der Waals surface area contributed by atoms with Gasteiger partial charge in [0.2, 0.25) is 0 Å². The molecule has 0 aliphatic carbocycles. The van der Waals surface area contributed by atoms with Gasteiger partial charge in [-0.1, -0.05) is 6.08 Å². The van der Waals surface area contributed by atoms with E-state index >= 15 is 0 Å². The second-order valence-electron chi connectivity index (χ2n) is 2.88. The van der Waals surface area contributed by atoms with Crippen LogP contribution in [0, 0.1) is 0 Å². The SMILES string of the molecule is C=CCCOCc1ccoc1C(=O)NN. The topological polar surface area (TPSA) is 77.5 Å². The van der Waals surface area contributed by atoms with E-state index in [1.54, 1.807) is 12.1 Å².